The number of aliphatic imine (C=N–C) groups is 1. The third-order valence-electron chi connectivity index (χ3n) is 3.77. The Morgan fingerprint density at radius 1 is 1.18 bits per heavy atom. The molecule has 0 bridgehead atoms. The summed E-state index contributed by atoms with van der Waals surface area (Å²) in [6.45, 7) is 16.0. The van der Waals surface area contributed by atoms with E-state index in [1.54, 1.807) is 14.2 Å². The van der Waals surface area contributed by atoms with E-state index in [1.165, 1.54) is 0 Å². The van der Waals surface area contributed by atoms with Crippen molar-refractivity contribution in [1.82, 2.24) is 15.5 Å². The standard InChI is InChI=1S/C16H36N4O.HI/c1-8-20(9-2)12-10-11-18-15(17-6)19-13-14(21-7)16(3,4)5;/h14H,8-13H2,1-7H3,(H2,17,18,19);1H. The van der Waals surface area contributed by atoms with Gasteiger partial charge in [0, 0.05) is 27.2 Å². The molecule has 0 aliphatic carbocycles. The Bertz CT molecular complexity index is 288. The van der Waals surface area contributed by atoms with Crippen LogP contribution >= 0.6 is 24.0 Å². The molecule has 22 heavy (non-hydrogen) atoms. The highest BCUT2D eigenvalue weighted by Crippen LogP contribution is 2.20. The third kappa shape index (κ3) is 10.6. The van der Waals surface area contributed by atoms with Crippen LogP contribution in [0.3, 0.4) is 0 Å². The number of rotatable bonds is 9. The molecule has 134 valence electrons. The molecule has 0 aromatic rings. The summed E-state index contributed by atoms with van der Waals surface area (Å²) in [5.41, 5.74) is 0.114. The first-order valence-electron chi connectivity index (χ1n) is 8.08. The minimum atomic E-state index is 0. The molecule has 0 amide bonds. The van der Waals surface area contributed by atoms with Gasteiger partial charge in [-0.15, -0.1) is 24.0 Å². The van der Waals surface area contributed by atoms with Crippen LogP contribution in [-0.4, -0.2) is 63.8 Å². The molecular formula is C16H37IN4O. The van der Waals surface area contributed by atoms with Gasteiger partial charge in [0.05, 0.1) is 6.10 Å². The SMILES string of the molecule is CCN(CC)CCCNC(=NC)NCC(OC)C(C)(C)C.I. The average Bonchev–Trinajstić information content (AvgIpc) is 2.44. The van der Waals surface area contributed by atoms with E-state index in [-0.39, 0.29) is 35.5 Å². The van der Waals surface area contributed by atoms with E-state index >= 15 is 0 Å². The van der Waals surface area contributed by atoms with Crippen LogP contribution in [0, 0.1) is 5.41 Å². The van der Waals surface area contributed by atoms with Crippen LogP contribution in [0.15, 0.2) is 4.99 Å². The largest absolute Gasteiger partial charge is 0.379 e. The van der Waals surface area contributed by atoms with Crippen molar-refractivity contribution in [1.29, 1.82) is 0 Å². The molecule has 6 heteroatoms. The monoisotopic (exact) mass is 428 g/mol. The van der Waals surface area contributed by atoms with Crippen molar-refractivity contribution in [3.63, 3.8) is 0 Å². The summed E-state index contributed by atoms with van der Waals surface area (Å²) in [5.74, 6) is 0.848. The van der Waals surface area contributed by atoms with E-state index in [4.69, 9.17) is 4.74 Å². The lowest BCUT2D eigenvalue weighted by Crippen LogP contribution is -2.45. The van der Waals surface area contributed by atoms with E-state index < -0.39 is 0 Å². The second-order valence-electron chi connectivity index (χ2n) is 6.35. The van der Waals surface area contributed by atoms with Crippen molar-refractivity contribution in [3.05, 3.63) is 0 Å². The molecule has 0 aromatic carbocycles. The second-order valence-corrected chi connectivity index (χ2v) is 6.35. The van der Waals surface area contributed by atoms with E-state index in [0.717, 1.165) is 45.1 Å². The highest BCUT2D eigenvalue weighted by Gasteiger charge is 2.24. The van der Waals surface area contributed by atoms with Crippen molar-refractivity contribution in [3.8, 4) is 0 Å². The number of hydrogen-bond acceptors (Lipinski definition) is 3. The Kier molecular flexibility index (Phi) is 14.7. The summed E-state index contributed by atoms with van der Waals surface area (Å²) in [6, 6.07) is 0. The lowest BCUT2D eigenvalue weighted by atomic mass is 9.89. The zero-order valence-corrected chi connectivity index (χ0v) is 17.9. The minimum absolute atomic E-state index is 0. The number of hydrogen-bond donors (Lipinski definition) is 2. The molecule has 5 nitrogen and oxygen atoms in total. The Labute approximate surface area is 154 Å². The van der Waals surface area contributed by atoms with E-state index in [2.05, 4.69) is 55.1 Å². The Hall–Kier alpha value is -0.0800. The molecule has 0 rings (SSSR count). The van der Waals surface area contributed by atoms with Crippen LogP contribution in [0.2, 0.25) is 0 Å². The number of halogens is 1. The summed E-state index contributed by atoms with van der Waals surface area (Å²) in [6.07, 6.45) is 1.28. The Balaban J connectivity index is 0. The second kappa shape index (κ2) is 13.4. The first-order chi connectivity index (χ1) is 9.88. The number of guanidine groups is 1. The summed E-state index contributed by atoms with van der Waals surface area (Å²) >= 11 is 0. The van der Waals surface area contributed by atoms with Crippen LogP contribution in [0.25, 0.3) is 0 Å². The lowest BCUT2D eigenvalue weighted by molar-refractivity contribution is 0.0205. The maximum absolute atomic E-state index is 5.54. The van der Waals surface area contributed by atoms with Crippen LogP contribution in [-0.2, 0) is 4.74 Å². The molecule has 1 unspecified atom stereocenters. The van der Waals surface area contributed by atoms with Crippen LogP contribution in [0.1, 0.15) is 41.0 Å². The first kappa shape index (κ1) is 24.2. The summed E-state index contributed by atoms with van der Waals surface area (Å²) < 4.78 is 5.54. The molecule has 2 N–H and O–H groups in total. The average molecular weight is 428 g/mol. The minimum Gasteiger partial charge on any atom is -0.379 e. The number of nitrogens with zero attached hydrogens (tertiary/aromatic N) is 2. The topological polar surface area (TPSA) is 48.9 Å². The Morgan fingerprint density at radius 3 is 2.18 bits per heavy atom. The maximum Gasteiger partial charge on any atom is 0.191 e. The van der Waals surface area contributed by atoms with Gasteiger partial charge >= 0.3 is 0 Å². The van der Waals surface area contributed by atoms with E-state index in [9.17, 15) is 0 Å². The highest BCUT2D eigenvalue weighted by molar-refractivity contribution is 14.0. The molecule has 0 aliphatic heterocycles. The van der Waals surface area contributed by atoms with Gasteiger partial charge in [0.25, 0.3) is 0 Å². The van der Waals surface area contributed by atoms with Gasteiger partial charge in [0.15, 0.2) is 5.96 Å². The van der Waals surface area contributed by atoms with Gasteiger partial charge in [0.1, 0.15) is 0 Å². The maximum atomic E-state index is 5.54. The van der Waals surface area contributed by atoms with Crippen molar-refractivity contribution >= 4 is 29.9 Å². The first-order valence-corrected chi connectivity index (χ1v) is 8.08. The van der Waals surface area contributed by atoms with Crippen molar-refractivity contribution in [2.45, 2.75) is 47.1 Å². The van der Waals surface area contributed by atoms with Crippen molar-refractivity contribution in [2.24, 2.45) is 10.4 Å². The predicted molar refractivity (Wildman–Crippen MR) is 107 cm³/mol. The van der Waals surface area contributed by atoms with Crippen LogP contribution in [0.5, 0.6) is 0 Å². The highest BCUT2D eigenvalue weighted by atomic mass is 127. The number of nitrogens with one attached hydrogen (secondary N) is 2. The van der Waals surface area contributed by atoms with Gasteiger partial charge in [-0.2, -0.15) is 0 Å². The predicted octanol–water partition coefficient (Wildman–Crippen LogP) is 2.56. The molecule has 0 spiro atoms. The van der Waals surface area contributed by atoms with Crippen LogP contribution < -0.4 is 10.6 Å². The molecule has 0 saturated heterocycles. The van der Waals surface area contributed by atoms with E-state index in [0.29, 0.717) is 0 Å². The number of ether oxygens (including phenoxy) is 1. The van der Waals surface area contributed by atoms with Crippen LogP contribution in [0.4, 0.5) is 0 Å². The molecule has 0 fully saturated rings. The van der Waals surface area contributed by atoms with Gasteiger partial charge in [-0.05, 0) is 31.5 Å². The molecule has 0 aromatic heterocycles. The van der Waals surface area contributed by atoms with Crippen molar-refractivity contribution in [2.75, 3.05) is 46.9 Å². The molecule has 1 atom stereocenters. The van der Waals surface area contributed by atoms with Gasteiger partial charge in [-0.3, -0.25) is 4.99 Å². The van der Waals surface area contributed by atoms with Gasteiger partial charge in [-0.25, -0.2) is 0 Å². The quantitative estimate of drug-likeness (QED) is 0.257. The summed E-state index contributed by atoms with van der Waals surface area (Å²) in [7, 11) is 3.57. The Morgan fingerprint density at radius 2 is 1.77 bits per heavy atom. The smallest absolute Gasteiger partial charge is 0.191 e. The fourth-order valence-corrected chi connectivity index (χ4v) is 2.20. The zero-order chi connectivity index (χ0) is 16.3. The third-order valence-corrected chi connectivity index (χ3v) is 3.77. The number of methoxy groups -OCH3 is 1. The van der Waals surface area contributed by atoms with Gasteiger partial charge in [0.2, 0.25) is 0 Å². The van der Waals surface area contributed by atoms with Gasteiger partial charge in [-0.1, -0.05) is 34.6 Å². The molecule has 0 saturated carbocycles. The molecule has 0 aliphatic rings. The normalized spacial score (nSPS) is 13.7. The van der Waals surface area contributed by atoms with Crippen molar-refractivity contribution < 1.29 is 4.74 Å². The molecular weight excluding hydrogens is 391 g/mol. The van der Waals surface area contributed by atoms with E-state index in [1.807, 2.05) is 0 Å². The molecule has 0 heterocycles. The van der Waals surface area contributed by atoms with Gasteiger partial charge < -0.3 is 20.3 Å². The summed E-state index contributed by atoms with van der Waals surface area (Å²) in [5, 5.41) is 6.70. The summed E-state index contributed by atoms with van der Waals surface area (Å²) in [4.78, 5) is 6.69. The fraction of sp³-hybridized carbons (Fsp3) is 0.938. The zero-order valence-electron chi connectivity index (χ0n) is 15.5. The molecule has 0 radical (unpaired) electrons. The lowest BCUT2D eigenvalue weighted by Gasteiger charge is -2.30. The fourth-order valence-electron chi connectivity index (χ4n) is 2.20.